The number of phenols is 1. The van der Waals surface area contributed by atoms with E-state index in [1.165, 1.54) is 7.11 Å². The Balaban J connectivity index is 2.84. The second kappa shape index (κ2) is 6.44. The van der Waals surface area contributed by atoms with E-state index in [-0.39, 0.29) is 5.75 Å². The topological polar surface area (TPSA) is 87.7 Å². The molecule has 0 amide bonds. The van der Waals surface area contributed by atoms with Crippen LogP contribution in [0.4, 0.5) is 0 Å². The van der Waals surface area contributed by atoms with Gasteiger partial charge in [-0.25, -0.2) is 0 Å². The molecule has 1 aromatic rings. The lowest BCUT2D eigenvalue weighted by Gasteiger charge is -2.20. The van der Waals surface area contributed by atoms with Gasteiger partial charge in [0.2, 0.25) is 0 Å². The van der Waals surface area contributed by atoms with E-state index in [0.717, 1.165) is 0 Å². The van der Waals surface area contributed by atoms with Crippen molar-refractivity contribution in [3.05, 3.63) is 23.8 Å². The van der Waals surface area contributed by atoms with Gasteiger partial charge in [0.05, 0.1) is 13.2 Å². The highest BCUT2D eigenvalue weighted by molar-refractivity contribution is 5.46. The number of hydrogen-bond acceptors (Lipinski definition) is 5. The summed E-state index contributed by atoms with van der Waals surface area (Å²) in [5, 5.41) is 22.9. The monoisotopic (exact) mass is 240 g/mol. The van der Waals surface area contributed by atoms with E-state index < -0.39 is 12.1 Å². The second-order valence-electron chi connectivity index (χ2n) is 3.90. The number of methoxy groups -OCH3 is 1. The Kier molecular flexibility index (Phi) is 5.21. The van der Waals surface area contributed by atoms with E-state index in [9.17, 15) is 10.2 Å². The zero-order chi connectivity index (χ0) is 12.8. The molecule has 0 saturated heterocycles. The Morgan fingerprint density at radius 3 is 2.76 bits per heavy atom. The fourth-order valence-electron chi connectivity index (χ4n) is 1.64. The van der Waals surface area contributed by atoms with Gasteiger partial charge in [0, 0.05) is 11.6 Å². The van der Waals surface area contributed by atoms with Crippen LogP contribution in [-0.2, 0) is 0 Å². The molecule has 0 aliphatic rings. The summed E-state index contributed by atoms with van der Waals surface area (Å²) in [5.41, 5.74) is 6.25. The smallest absolute Gasteiger partial charge is 0.163 e. The molecule has 0 spiro atoms. The molecule has 0 aromatic heterocycles. The molecule has 0 bridgehead atoms. The first kappa shape index (κ1) is 13.8. The quantitative estimate of drug-likeness (QED) is 0.577. The number of aliphatic hydroxyl groups is 1. The zero-order valence-corrected chi connectivity index (χ0v) is 10.2. The minimum atomic E-state index is -0.904. The van der Waals surface area contributed by atoms with Crippen molar-refractivity contribution in [1.29, 1.82) is 0 Å². The van der Waals surface area contributed by atoms with Crippen LogP contribution in [0, 0.1) is 0 Å². The van der Waals surface area contributed by atoms with Crippen molar-refractivity contribution in [2.24, 2.45) is 5.73 Å². The lowest BCUT2D eigenvalue weighted by atomic mass is 9.99. The number of nitrogens with two attached hydrogens (primary N) is 1. The third-order valence-corrected chi connectivity index (χ3v) is 2.70. The lowest BCUT2D eigenvalue weighted by molar-refractivity contribution is 0.138. The number of hydrogen-bond donors (Lipinski definition) is 4. The first-order valence-electron chi connectivity index (χ1n) is 5.56. The van der Waals surface area contributed by atoms with E-state index >= 15 is 0 Å². The van der Waals surface area contributed by atoms with Crippen LogP contribution in [0.2, 0.25) is 0 Å². The van der Waals surface area contributed by atoms with Crippen molar-refractivity contribution in [2.75, 3.05) is 20.7 Å². The SMILES string of the molecule is CNCCC(N)C(O)c1cccc(OC)c1O. The van der Waals surface area contributed by atoms with Crippen molar-refractivity contribution in [2.45, 2.75) is 18.6 Å². The molecular formula is C12H20N2O3. The van der Waals surface area contributed by atoms with Crippen LogP contribution in [-0.4, -0.2) is 37.0 Å². The highest BCUT2D eigenvalue weighted by atomic mass is 16.5. The third kappa shape index (κ3) is 3.33. The molecule has 96 valence electrons. The van der Waals surface area contributed by atoms with E-state index in [0.29, 0.717) is 24.3 Å². The minimum Gasteiger partial charge on any atom is -0.504 e. The fourth-order valence-corrected chi connectivity index (χ4v) is 1.64. The third-order valence-electron chi connectivity index (χ3n) is 2.70. The Morgan fingerprint density at radius 1 is 1.47 bits per heavy atom. The van der Waals surface area contributed by atoms with Crippen molar-refractivity contribution >= 4 is 0 Å². The molecular weight excluding hydrogens is 220 g/mol. The molecule has 5 nitrogen and oxygen atoms in total. The predicted molar refractivity (Wildman–Crippen MR) is 66.1 cm³/mol. The molecule has 17 heavy (non-hydrogen) atoms. The molecule has 0 aliphatic heterocycles. The standard InChI is InChI=1S/C12H20N2O3/c1-14-7-6-9(13)11(15)8-4-3-5-10(17-2)12(8)16/h3-5,9,11,14-16H,6-7,13H2,1-2H3. The first-order valence-corrected chi connectivity index (χ1v) is 5.56. The maximum atomic E-state index is 10.0. The number of aliphatic hydroxyl groups excluding tert-OH is 1. The molecule has 5 heteroatoms. The predicted octanol–water partition coefficient (Wildman–Crippen LogP) is 0.371. The van der Waals surface area contributed by atoms with Crippen molar-refractivity contribution in [3.63, 3.8) is 0 Å². The van der Waals surface area contributed by atoms with E-state index in [2.05, 4.69) is 5.32 Å². The summed E-state index contributed by atoms with van der Waals surface area (Å²) in [5.74, 6) is 0.282. The normalized spacial score (nSPS) is 14.4. The number of rotatable bonds is 6. The van der Waals surface area contributed by atoms with Crippen LogP contribution < -0.4 is 15.8 Å². The van der Waals surface area contributed by atoms with Gasteiger partial charge in [0.1, 0.15) is 0 Å². The zero-order valence-electron chi connectivity index (χ0n) is 10.2. The second-order valence-corrected chi connectivity index (χ2v) is 3.90. The molecule has 0 aliphatic carbocycles. The lowest BCUT2D eigenvalue weighted by Crippen LogP contribution is -2.31. The van der Waals surface area contributed by atoms with Crippen LogP contribution in [0.1, 0.15) is 18.1 Å². The molecule has 2 unspecified atom stereocenters. The summed E-state index contributed by atoms with van der Waals surface area (Å²) in [6.07, 6.45) is -0.285. The summed E-state index contributed by atoms with van der Waals surface area (Å²) in [6, 6.07) is 4.55. The summed E-state index contributed by atoms with van der Waals surface area (Å²) in [7, 11) is 3.29. The number of aromatic hydroxyl groups is 1. The number of nitrogens with one attached hydrogen (secondary N) is 1. The van der Waals surface area contributed by atoms with Gasteiger partial charge in [0.15, 0.2) is 11.5 Å². The summed E-state index contributed by atoms with van der Waals surface area (Å²) >= 11 is 0. The van der Waals surface area contributed by atoms with Crippen LogP contribution in [0.15, 0.2) is 18.2 Å². The van der Waals surface area contributed by atoms with Gasteiger partial charge < -0.3 is 26.0 Å². The first-order chi connectivity index (χ1) is 8.11. The van der Waals surface area contributed by atoms with E-state index in [1.54, 1.807) is 18.2 Å². The maximum absolute atomic E-state index is 10.0. The van der Waals surface area contributed by atoms with Crippen molar-refractivity contribution in [1.82, 2.24) is 5.32 Å². The van der Waals surface area contributed by atoms with Gasteiger partial charge in [-0.2, -0.15) is 0 Å². The van der Waals surface area contributed by atoms with Crippen LogP contribution >= 0.6 is 0 Å². The average Bonchev–Trinajstić information content (AvgIpc) is 2.35. The highest BCUT2D eigenvalue weighted by Crippen LogP contribution is 2.34. The molecule has 2 atom stereocenters. The van der Waals surface area contributed by atoms with Crippen molar-refractivity contribution in [3.8, 4) is 11.5 Å². The van der Waals surface area contributed by atoms with Crippen molar-refractivity contribution < 1.29 is 14.9 Å². The Labute approximate surface area is 101 Å². The molecule has 1 rings (SSSR count). The van der Waals surface area contributed by atoms with Crippen LogP contribution in [0.5, 0.6) is 11.5 Å². The largest absolute Gasteiger partial charge is 0.504 e. The van der Waals surface area contributed by atoms with Gasteiger partial charge >= 0.3 is 0 Å². The summed E-state index contributed by atoms with van der Waals surface area (Å²) in [4.78, 5) is 0. The summed E-state index contributed by atoms with van der Waals surface area (Å²) < 4.78 is 4.98. The van der Waals surface area contributed by atoms with Crippen LogP contribution in [0.3, 0.4) is 0 Å². The Morgan fingerprint density at radius 2 is 2.18 bits per heavy atom. The molecule has 0 radical (unpaired) electrons. The number of phenolic OH excluding ortho intramolecular Hbond substituents is 1. The number of benzene rings is 1. The molecule has 0 heterocycles. The van der Waals surface area contributed by atoms with E-state index in [1.807, 2.05) is 7.05 Å². The molecule has 1 aromatic carbocycles. The van der Waals surface area contributed by atoms with Gasteiger partial charge in [-0.3, -0.25) is 0 Å². The molecule has 5 N–H and O–H groups in total. The average molecular weight is 240 g/mol. The molecule has 0 saturated carbocycles. The van der Waals surface area contributed by atoms with Gasteiger partial charge in [-0.15, -0.1) is 0 Å². The van der Waals surface area contributed by atoms with Gasteiger partial charge in [0.25, 0.3) is 0 Å². The minimum absolute atomic E-state index is 0.0533. The molecule has 0 fully saturated rings. The van der Waals surface area contributed by atoms with Gasteiger partial charge in [-0.1, -0.05) is 12.1 Å². The van der Waals surface area contributed by atoms with E-state index in [4.69, 9.17) is 10.5 Å². The fraction of sp³-hybridized carbons (Fsp3) is 0.500. The van der Waals surface area contributed by atoms with Crippen LogP contribution in [0.25, 0.3) is 0 Å². The highest BCUT2D eigenvalue weighted by Gasteiger charge is 2.21. The Hall–Kier alpha value is -1.30. The summed E-state index contributed by atoms with van der Waals surface area (Å²) in [6.45, 7) is 0.711. The van der Waals surface area contributed by atoms with Gasteiger partial charge in [-0.05, 0) is 26.1 Å². The number of ether oxygens (including phenoxy) is 1. The number of para-hydroxylation sites is 1. The Bertz CT molecular complexity index is 358. The maximum Gasteiger partial charge on any atom is 0.163 e.